The summed E-state index contributed by atoms with van der Waals surface area (Å²) in [5.41, 5.74) is 0. The molecule has 1 N–H and O–H groups in total. The Morgan fingerprint density at radius 2 is 2.17 bits per heavy atom. The third-order valence-electron chi connectivity index (χ3n) is 1.75. The topological polar surface area (TPSA) is 21.3 Å². The van der Waals surface area contributed by atoms with Crippen LogP contribution in [0.25, 0.3) is 0 Å². The smallest absolute Gasteiger partial charge is 0.272 e. The lowest BCUT2D eigenvalue weighted by Gasteiger charge is -2.30. The van der Waals surface area contributed by atoms with Crippen molar-refractivity contribution in [3.05, 3.63) is 0 Å². The Kier molecular flexibility index (Phi) is 3.01. The molecule has 0 unspecified atom stereocenters. The molecule has 12 heavy (non-hydrogen) atoms. The maximum Gasteiger partial charge on any atom is 0.272 e. The molecule has 1 rings (SSSR count). The number of hydrogen-bond acceptors (Lipinski definition) is 2. The van der Waals surface area contributed by atoms with Gasteiger partial charge in [-0.1, -0.05) is 13.8 Å². The van der Waals surface area contributed by atoms with E-state index in [-0.39, 0.29) is 18.5 Å². The van der Waals surface area contributed by atoms with E-state index in [0.717, 1.165) is 0 Å². The molecule has 0 bridgehead atoms. The Morgan fingerprint density at radius 1 is 1.50 bits per heavy atom. The van der Waals surface area contributed by atoms with Crippen molar-refractivity contribution in [1.82, 2.24) is 5.32 Å². The Morgan fingerprint density at radius 3 is 2.67 bits per heavy atom. The third-order valence-corrected chi connectivity index (χ3v) is 1.75. The van der Waals surface area contributed by atoms with Crippen LogP contribution in [-0.4, -0.2) is 31.2 Å². The fraction of sp³-hybridized carbons (Fsp3) is 1.00. The third kappa shape index (κ3) is 3.03. The molecule has 0 amide bonds. The molecule has 2 nitrogen and oxygen atoms in total. The first kappa shape index (κ1) is 9.86. The van der Waals surface area contributed by atoms with Crippen LogP contribution in [0.15, 0.2) is 0 Å². The molecule has 0 aromatic carbocycles. The van der Waals surface area contributed by atoms with Gasteiger partial charge in [-0.3, -0.25) is 0 Å². The second-order valence-electron chi connectivity index (χ2n) is 3.59. The van der Waals surface area contributed by atoms with Gasteiger partial charge >= 0.3 is 0 Å². The molecule has 0 aromatic heterocycles. The summed E-state index contributed by atoms with van der Waals surface area (Å²) in [4.78, 5) is 0. The van der Waals surface area contributed by atoms with Gasteiger partial charge in [-0.05, 0) is 0 Å². The fourth-order valence-electron chi connectivity index (χ4n) is 1.41. The van der Waals surface area contributed by atoms with Crippen molar-refractivity contribution < 1.29 is 13.5 Å². The fourth-order valence-corrected chi connectivity index (χ4v) is 1.41. The van der Waals surface area contributed by atoms with Gasteiger partial charge in [0.25, 0.3) is 5.92 Å². The van der Waals surface area contributed by atoms with Crippen molar-refractivity contribution in [1.29, 1.82) is 0 Å². The van der Waals surface area contributed by atoms with Crippen LogP contribution in [0, 0.1) is 0 Å². The lowest BCUT2D eigenvalue weighted by molar-refractivity contribution is -0.126. The Balaban J connectivity index is 2.36. The van der Waals surface area contributed by atoms with Gasteiger partial charge in [-0.25, -0.2) is 8.78 Å². The highest BCUT2D eigenvalue weighted by Crippen LogP contribution is 2.25. The summed E-state index contributed by atoms with van der Waals surface area (Å²) >= 11 is 0. The van der Waals surface area contributed by atoms with Gasteiger partial charge in [0.1, 0.15) is 6.61 Å². The van der Waals surface area contributed by atoms with E-state index in [0.29, 0.717) is 6.61 Å². The van der Waals surface area contributed by atoms with E-state index < -0.39 is 12.5 Å². The summed E-state index contributed by atoms with van der Waals surface area (Å²) in [5, 5.41) is 3.03. The zero-order chi connectivity index (χ0) is 9.19. The Bertz CT molecular complexity index is 150. The largest absolute Gasteiger partial charge is 0.374 e. The minimum absolute atomic E-state index is 0.106. The van der Waals surface area contributed by atoms with Crippen molar-refractivity contribution >= 4 is 0 Å². The predicted octanol–water partition coefficient (Wildman–Crippen LogP) is 1.41. The van der Waals surface area contributed by atoms with Crippen molar-refractivity contribution in [2.24, 2.45) is 0 Å². The number of rotatable bonds is 2. The summed E-state index contributed by atoms with van der Waals surface area (Å²) < 4.78 is 30.3. The second kappa shape index (κ2) is 3.66. The number of nitrogens with one attached hydrogen (secondary N) is 1. The summed E-state index contributed by atoms with van der Waals surface area (Å²) in [6.45, 7) is 3.84. The summed E-state index contributed by atoms with van der Waals surface area (Å²) in [7, 11) is 0. The SMILES string of the molecule is CC(C)N[C@@H]1COCC(F)(F)C1. The van der Waals surface area contributed by atoms with Gasteiger partial charge < -0.3 is 10.1 Å². The van der Waals surface area contributed by atoms with Crippen LogP contribution in [-0.2, 0) is 4.74 Å². The van der Waals surface area contributed by atoms with Crippen LogP contribution in [0.1, 0.15) is 20.3 Å². The summed E-state index contributed by atoms with van der Waals surface area (Å²) in [6, 6.07) is 0.0289. The van der Waals surface area contributed by atoms with Crippen LogP contribution in [0.5, 0.6) is 0 Å². The highest BCUT2D eigenvalue weighted by atomic mass is 19.3. The predicted molar refractivity (Wildman–Crippen MR) is 42.4 cm³/mol. The monoisotopic (exact) mass is 179 g/mol. The molecule has 0 spiro atoms. The summed E-state index contributed by atoms with van der Waals surface area (Å²) in [6.07, 6.45) is -0.106. The number of halogens is 2. The van der Waals surface area contributed by atoms with Crippen molar-refractivity contribution in [3.8, 4) is 0 Å². The van der Waals surface area contributed by atoms with E-state index in [2.05, 4.69) is 5.32 Å². The molecule has 1 saturated heterocycles. The molecule has 4 heteroatoms. The zero-order valence-corrected chi connectivity index (χ0v) is 7.44. The van der Waals surface area contributed by atoms with Gasteiger partial charge in [0.2, 0.25) is 0 Å². The van der Waals surface area contributed by atoms with E-state index in [1.54, 1.807) is 0 Å². The molecule has 0 aromatic rings. The van der Waals surface area contributed by atoms with Gasteiger partial charge in [0.15, 0.2) is 0 Å². The van der Waals surface area contributed by atoms with E-state index in [9.17, 15) is 8.78 Å². The first-order chi connectivity index (χ1) is 5.49. The highest BCUT2D eigenvalue weighted by molar-refractivity contribution is 4.81. The molecule has 1 heterocycles. The number of alkyl halides is 2. The van der Waals surface area contributed by atoms with E-state index in [1.807, 2.05) is 13.8 Å². The molecular formula is C8H15F2NO. The highest BCUT2D eigenvalue weighted by Gasteiger charge is 2.37. The molecule has 0 aliphatic carbocycles. The average Bonchev–Trinajstić information content (AvgIpc) is 1.82. The lowest BCUT2D eigenvalue weighted by Crippen LogP contribution is -2.47. The first-order valence-electron chi connectivity index (χ1n) is 4.21. The first-order valence-corrected chi connectivity index (χ1v) is 4.21. The average molecular weight is 179 g/mol. The molecule has 1 aliphatic rings. The van der Waals surface area contributed by atoms with Crippen LogP contribution in [0.2, 0.25) is 0 Å². The maximum absolute atomic E-state index is 12.7. The van der Waals surface area contributed by atoms with Crippen molar-refractivity contribution in [3.63, 3.8) is 0 Å². The molecule has 1 atom stereocenters. The van der Waals surface area contributed by atoms with Gasteiger partial charge in [-0.15, -0.1) is 0 Å². The lowest BCUT2D eigenvalue weighted by atomic mass is 10.1. The van der Waals surface area contributed by atoms with Crippen LogP contribution in [0.3, 0.4) is 0 Å². The molecule has 1 aliphatic heterocycles. The van der Waals surface area contributed by atoms with Gasteiger partial charge in [-0.2, -0.15) is 0 Å². The summed E-state index contributed by atoms with van der Waals surface area (Å²) in [5.74, 6) is -2.65. The maximum atomic E-state index is 12.7. The second-order valence-corrected chi connectivity index (χ2v) is 3.59. The van der Waals surface area contributed by atoms with Crippen LogP contribution < -0.4 is 5.32 Å². The number of ether oxygens (including phenoxy) is 1. The Labute approximate surface area is 71.3 Å². The molecule has 0 radical (unpaired) electrons. The zero-order valence-electron chi connectivity index (χ0n) is 7.44. The number of hydrogen-bond donors (Lipinski definition) is 1. The molecular weight excluding hydrogens is 164 g/mol. The van der Waals surface area contributed by atoms with E-state index in [1.165, 1.54) is 0 Å². The van der Waals surface area contributed by atoms with Crippen LogP contribution >= 0.6 is 0 Å². The standard InChI is InChI=1S/C8H15F2NO/c1-6(2)11-7-3-8(9,10)5-12-4-7/h6-7,11H,3-5H2,1-2H3/t7-/m0/s1. The molecule has 1 fully saturated rings. The Hall–Kier alpha value is -0.220. The van der Waals surface area contributed by atoms with E-state index >= 15 is 0 Å². The van der Waals surface area contributed by atoms with Crippen molar-refractivity contribution in [2.75, 3.05) is 13.2 Å². The van der Waals surface area contributed by atoms with Gasteiger partial charge in [0, 0.05) is 18.5 Å². The molecule has 0 saturated carbocycles. The van der Waals surface area contributed by atoms with Gasteiger partial charge in [0.05, 0.1) is 6.61 Å². The van der Waals surface area contributed by atoms with Crippen molar-refractivity contribution in [2.45, 2.75) is 38.3 Å². The minimum atomic E-state index is -2.65. The molecule has 72 valence electrons. The van der Waals surface area contributed by atoms with Crippen LogP contribution in [0.4, 0.5) is 8.78 Å². The quantitative estimate of drug-likeness (QED) is 0.692. The minimum Gasteiger partial charge on any atom is -0.374 e. The normalized spacial score (nSPS) is 29.2. The van der Waals surface area contributed by atoms with E-state index in [4.69, 9.17) is 4.74 Å².